The number of rotatable bonds is 2. The number of piperazine rings is 1. The number of nitrogens with two attached hydrogens (primary N) is 1. The summed E-state index contributed by atoms with van der Waals surface area (Å²) in [6.07, 6.45) is 6.63. The van der Waals surface area contributed by atoms with Crippen molar-refractivity contribution in [3.8, 4) is 0 Å². The highest BCUT2D eigenvalue weighted by atomic mass is 16.2. The van der Waals surface area contributed by atoms with Gasteiger partial charge in [0.1, 0.15) is 5.82 Å². The third-order valence-corrected chi connectivity index (χ3v) is 6.11. The summed E-state index contributed by atoms with van der Waals surface area (Å²) in [6, 6.07) is 6.40. The number of aromatic amines is 1. The van der Waals surface area contributed by atoms with Gasteiger partial charge in [0.2, 0.25) is 5.91 Å². The Bertz CT molecular complexity index is 1020. The molecular formula is C21H25N5O. The van der Waals surface area contributed by atoms with Crippen LogP contribution < -0.4 is 10.6 Å². The van der Waals surface area contributed by atoms with E-state index < -0.39 is 0 Å². The minimum Gasteiger partial charge on any atom is -0.354 e. The first-order valence-electron chi connectivity index (χ1n) is 9.90. The number of hydrogen-bond acceptors (Lipinski definition) is 4. The van der Waals surface area contributed by atoms with Crippen LogP contribution in [0.1, 0.15) is 24.0 Å². The fourth-order valence-corrected chi connectivity index (χ4v) is 4.74. The molecule has 1 aliphatic carbocycles. The van der Waals surface area contributed by atoms with Gasteiger partial charge in [0.05, 0.1) is 12.1 Å². The van der Waals surface area contributed by atoms with Crippen LogP contribution in [0.2, 0.25) is 0 Å². The van der Waals surface area contributed by atoms with E-state index in [1.807, 2.05) is 11.1 Å². The number of H-pyrrole nitrogens is 1. The van der Waals surface area contributed by atoms with Gasteiger partial charge in [-0.2, -0.15) is 0 Å². The second-order valence-electron chi connectivity index (χ2n) is 7.58. The first-order valence-corrected chi connectivity index (χ1v) is 9.90. The number of aryl methyl sites for hydroxylation is 1. The minimum atomic E-state index is 0.0465. The Kier molecular flexibility index (Phi) is 4.01. The maximum Gasteiger partial charge on any atom is 0.236 e. The van der Waals surface area contributed by atoms with E-state index in [-0.39, 0.29) is 12.5 Å². The fourth-order valence-electron chi connectivity index (χ4n) is 4.74. The zero-order valence-electron chi connectivity index (χ0n) is 15.5. The molecule has 140 valence electrons. The average molecular weight is 363 g/mol. The quantitative estimate of drug-likeness (QED) is 0.732. The summed E-state index contributed by atoms with van der Waals surface area (Å²) in [5, 5.41) is 2.60. The molecule has 0 spiro atoms. The summed E-state index contributed by atoms with van der Waals surface area (Å²) in [5.74, 6) is 1.29. The molecule has 1 amide bonds. The summed E-state index contributed by atoms with van der Waals surface area (Å²) < 4.78 is 0. The van der Waals surface area contributed by atoms with Crippen molar-refractivity contribution in [2.24, 2.45) is 5.73 Å². The van der Waals surface area contributed by atoms with Crippen LogP contribution in [0.15, 0.2) is 24.4 Å². The lowest BCUT2D eigenvalue weighted by Crippen LogP contribution is -2.50. The van der Waals surface area contributed by atoms with Crippen molar-refractivity contribution in [2.75, 3.05) is 37.6 Å². The fraction of sp³-hybridized carbons (Fsp3) is 0.429. The third-order valence-electron chi connectivity index (χ3n) is 6.11. The molecule has 27 heavy (non-hydrogen) atoms. The number of hydrogen-bond donors (Lipinski definition) is 2. The molecule has 0 radical (unpaired) electrons. The van der Waals surface area contributed by atoms with E-state index in [1.165, 1.54) is 46.1 Å². The van der Waals surface area contributed by atoms with Gasteiger partial charge in [0.15, 0.2) is 0 Å². The molecule has 6 heteroatoms. The van der Waals surface area contributed by atoms with Crippen LogP contribution in [0.4, 0.5) is 5.82 Å². The Labute approximate surface area is 158 Å². The molecule has 6 nitrogen and oxygen atoms in total. The van der Waals surface area contributed by atoms with E-state index in [0.29, 0.717) is 0 Å². The van der Waals surface area contributed by atoms with Gasteiger partial charge in [-0.1, -0.05) is 0 Å². The van der Waals surface area contributed by atoms with E-state index in [1.54, 1.807) is 0 Å². The molecule has 1 aliphatic heterocycles. The zero-order chi connectivity index (χ0) is 18.4. The van der Waals surface area contributed by atoms with Gasteiger partial charge in [-0.15, -0.1) is 0 Å². The summed E-state index contributed by atoms with van der Waals surface area (Å²) in [6.45, 7) is 3.27. The van der Waals surface area contributed by atoms with Crippen LogP contribution in [0.3, 0.4) is 0 Å². The molecule has 5 rings (SSSR count). The van der Waals surface area contributed by atoms with Gasteiger partial charge in [-0.05, 0) is 55.0 Å². The first-order chi connectivity index (χ1) is 13.3. The highest BCUT2D eigenvalue weighted by Gasteiger charge is 2.26. The number of carbonyl (C=O) groups excluding carboxylic acids is 1. The normalized spacial score (nSPS) is 17.5. The lowest BCUT2D eigenvalue weighted by Gasteiger charge is -2.37. The number of anilines is 1. The molecule has 3 heterocycles. The number of benzene rings is 1. The van der Waals surface area contributed by atoms with E-state index >= 15 is 0 Å². The Balaban J connectivity index is 1.59. The van der Waals surface area contributed by atoms with Gasteiger partial charge in [0.25, 0.3) is 0 Å². The monoisotopic (exact) mass is 363 g/mol. The van der Waals surface area contributed by atoms with Gasteiger partial charge in [0, 0.05) is 48.7 Å². The Hall–Kier alpha value is -2.60. The second-order valence-corrected chi connectivity index (χ2v) is 7.58. The van der Waals surface area contributed by atoms with Crippen LogP contribution in [-0.2, 0) is 17.6 Å². The summed E-state index contributed by atoms with van der Waals surface area (Å²) in [4.78, 5) is 24.4. The molecular weight excluding hydrogens is 338 g/mol. The van der Waals surface area contributed by atoms with Gasteiger partial charge < -0.3 is 20.5 Å². The summed E-state index contributed by atoms with van der Waals surface area (Å²) in [5.41, 5.74) is 10.7. The Morgan fingerprint density at radius 2 is 1.85 bits per heavy atom. The molecule has 1 aromatic carbocycles. The summed E-state index contributed by atoms with van der Waals surface area (Å²) >= 11 is 0. The molecule has 2 aliphatic rings. The molecule has 1 fully saturated rings. The van der Waals surface area contributed by atoms with Crippen molar-refractivity contribution in [1.82, 2.24) is 14.9 Å². The predicted molar refractivity (Wildman–Crippen MR) is 108 cm³/mol. The Morgan fingerprint density at radius 1 is 1.07 bits per heavy atom. The Morgan fingerprint density at radius 3 is 2.63 bits per heavy atom. The minimum absolute atomic E-state index is 0.0465. The van der Waals surface area contributed by atoms with Crippen molar-refractivity contribution < 1.29 is 4.79 Å². The van der Waals surface area contributed by atoms with Crippen LogP contribution in [0, 0.1) is 0 Å². The lowest BCUT2D eigenvalue weighted by atomic mass is 9.88. The van der Waals surface area contributed by atoms with Crippen molar-refractivity contribution in [1.29, 1.82) is 0 Å². The van der Waals surface area contributed by atoms with Gasteiger partial charge in [-0.25, -0.2) is 0 Å². The maximum absolute atomic E-state index is 11.9. The highest BCUT2D eigenvalue weighted by molar-refractivity contribution is 6.08. The molecule has 3 aromatic rings. The number of nitrogens with one attached hydrogen (secondary N) is 1. The topological polar surface area (TPSA) is 78.3 Å². The van der Waals surface area contributed by atoms with Crippen LogP contribution in [0.25, 0.3) is 21.8 Å². The number of nitrogens with zero attached hydrogens (tertiary/aromatic N) is 3. The molecule has 0 unspecified atom stereocenters. The zero-order valence-corrected chi connectivity index (χ0v) is 15.5. The molecule has 0 bridgehead atoms. The largest absolute Gasteiger partial charge is 0.354 e. The standard InChI is InChI=1S/C21H25N5O/c22-13-19(27)25-9-11-26(12-10-25)21-15-4-2-1-3-14(15)20-16-7-8-23-17(16)5-6-18(20)24-21/h5-8,24H,1-4,9-13,22H2. The smallest absolute Gasteiger partial charge is 0.236 e. The highest BCUT2D eigenvalue weighted by Crippen LogP contribution is 2.37. The number of pyridine rings is 1. The van der Waals surface area contributed by atoms with Crippen LogP contribution in [0.5, 0.6) is 0 Å². The predicted octanol–water partition coefficient (Wildman–Crippen LogP) is 2.20. The van der Waals surface area contributed by atoms with Crippen LogP contribution >= 0.6 is 0 Å². The lowest BCUT2D eigenvalue weighted by molar-refractivity contribution is -0.129. The maximum atomic E-state index is 11.9. The first kappa shape index (κ1) is 16.6. The number of carbonyl (C=O) groups is 1. The molecule has 3 N–H and O–H groups in total. The van der Waals surface area contributed by atoms with Crippen LogP contribution in [-0.4, -0.2) is 53.5 Å². The van der Waals surface area contributed by atoms with E-state index in [0.717, 1.165) is 44.5 Å². The van der Waals surface area contributed by atoms with Gasteiger partial charge in [-0.3, -0.25) is 9.78 Å². The molecule has 0 saturated carbocycles. The molecule has 0 atom stereocenters. The molecule has 2 aromatic heterocycles. The van der Waals surface area contributed by atoms with Crippen molar-refractivity contribution in [3.05, 3.63) is 35.5 Å². The van der Waals surface area contributed by atoms with Crippen molar-refractivity contribution >= 4 is 33.5 Å². The number of fused-ring (bicyclic) bond motifs is 5. The van der Waals surface area contributed by atoms with Crippen molar-refractivity contribution in [2.45, 2.75) is 25.7 Å². The number of amides is 1. The third kappa shape index (κ3) is 2.67. The van der Waals surface area contributed by atoms with E-state index in [2.05, 4.69) is 33.1 Å². The molecule has 1 saturated heterocycles. The van der Waals surface area contributed by atoms with Gasteiger partial charge >= 0.3 is 0 Å². The van der Waals surface area contributed by atoms with E-state index in [9.17, 15) is 4.79 Å². The van der Waals surface area contributed by atoms with E-state index in [4.69, 9.17) is 5.73 Å². The average Bonchev–Trinajstić information content (AvgIpc) is 3.21. The second kappa shape index (κ2) is 6.53. The number of aromatic nitrogens is 2. The van der Waals surface area contributed by atoms with Crippen molar-refractivity contribution in [3.63, 3.8) is 0 Å². The summed E-state index contributed by atoms with van der Waals surface area (Å²) in [7, 11) is 0. The SMILES string of the molecule is NCC(=O)N1CCN(c2[nH]c3ccc4nccc4c3c3c2CCCC3)CC1.